The van der Waals surface area contributed by atoms with Crippen molar-refractivity contribution >= 4 is 28.7 Å². The van der Waals surface area contributed by atoms with Crippen LogP contribution < -0.4 is 20.3 Å². The Balaban J connectivity index is 1.79. The highest BCUT2D eigenvalue weighted by atomic mass is 32.1. The Labute approximate surface area is 149 Å². The average Bonchev–Trinajstić information content (AvgIpc) is 2.60. The summed E-state index contributed by atoms with van der Waals surface area (Å²) in [6.07, 6.45) is 1.69. The maximum atomic E-state index is 5.32. The molecule has 1 heterocycles. The van der Waals surface area contributed by atoms with Crippen LogP contribution in [0, 0.1) is 6.92 Å². The molecule has 5 nitrogen and oxygen atoms in total. The van der Waals surface area contributed by atoms with Gasteiger partial charge in [-0.05, 0) is 44.3 Å². The van der Waals surface area contributed by atoms with E-state index in [1.54, 1.807) is 19.4 Å². The molecule has 2 N–H and O–H groups in total. The molecule has 128 valence electrons. The monoisotopic (exact) mass is 344 g/mol. The molecule has 0 amide bonds. The van der Waals surface area contributed by atoms with Crippen LogP contribution in [0.2, 0.25) is 0 Å². The van der Waals surface area contributed by atoms with E-state index in [0.29, 0.717) is 11.0 Å². The number of pyridine rings is 1. The van der Waals surface area contributed by atoms with Crippen molar-refractivity contribution in [3.05, 3.63) is 48.2 Å². The van der Waals surface area contributed by atoms with Gasteiger partial charge < -0.3 is 20.3 Å². The van der Waals surface area contributed by atoms with Crippen molar-refractivity contribution in [3.8, 4) is 5.88 Å². The van der Waals surface area contributed by atoms with E-state index in [4.69, 9.17) is 17.0 Å². The van der Waals surface area contributed by atoms with Gasteiger partial charge in [-0.25, -0.2) is 4.98 Å². The van der Waals surface area contributed by atoms with Gasteiger partial charge in [-0.3, -0.25) is 0 Å². The zero-order valence-electron chi connectivity index (χ0n) is 14.4. The van der Waals surface area contributed by atoms with Gasteiger partial charge in [0.1, 0.15) is 0 Å². The van der Waals surface area contributed by atoms with Gasteiger partial charge in [0, 0.05) is 31.4 Å². The quantitative estimate of drug-likeness (QED) is 0.752. The fourth-order valence-electron chi connectivity index (χ4n) is 2.28. The predicted octanol–water partition coefficient (Wildman–Crippen LogP) is 3.21. The number of hydrogen-bond donors (Lipinski definition) is 2. The van der Waals surface area contributed by atoms with Gasteiger partial charge in [0.25, 0.3) is 0 Å². The number of aryl methyl sites for hydroxylation is 1. The Hall–Kier alpha value is -2.34. The van der Waals surface area contributed by atoms with E-state index < -0.39 is 0 Å². The molecule has 0 aliphatic carbocycles. The number of thiocarbonyl (C=S) groups is 1. The summed E-state index contributed by atoms with van der Waals surface area (Å²) in [5, 5.41) is 6.93. The molecule has 0 saturated heterocycles. The molecule has 1 aromatic carbocycles. The van der Waals surface area contributed by atoms with Gasteiger partial charge in [0.2, 0.25) is 5.88 Å². The molecule has 0 bridgehead atoms. The number of aromatic nitrogens is 1. The summed E-state index contributed by atoms with van der Waals surface area (Å²) in [5.41, 5.74) is 3.33. The van der Waals surface area contributed by atoms with Gasteiger partial charge in [-0.15, -0.1) is 0 Å². The van der Waals surface area contributed by atoms with Gasteiger partial charge in [0.05, 0.1) is 19.0 Å². The smallest absolute Gasteiger partial charge is 0.213 e. The lowest BCUT2D eigenvalue weighted by Gasteiger charge is -2.23. The van der Waals surface area contributed by atoms with Crippen LogP contribution in [-0.4, -0.2) is 36.8 Å². The second kappa shape index (κ2) is 9.08. The zero-order chi connectivity index (χ0) is 17.4. The van der Waals surface area contributed by atoms with E-state index in [-0.39, 0.29) is 0 Å². The standard InChI is InChI=1S/C18H24N4OS/c1-4-22(16-8-5-14(2)6-9-16)12-11-19-18(24)21-15-7-10-17(23-3)20-13-15/h5-10,13H,4,11-12H2,1-3H3,(H2,19,21,24). The van der Waals surface area contributed by atoms with Crippen LogP contribution in [-0.2, 0) is 0 Å². The number of benzene rings is 1. The number of hydrogen-bond acceptors (Lipinski definition) is 4. The summed E-state index contributed by atoms with van der Waals surface area (Å²) in [5.74, 6) is 0.580. The van der Waals surface area contributed by atoms with Crippen LogP contribution >= 0.6 is 12.2 Å². The van der Waals surface area contributed by atoms with Crippen LogP contribution in [0.15, 0.2) is 42.6 Å². The van der Waals surface area contributed by atoms with Gasteiger partial charge in [-0.1, -0.05) is 17.7 Å². The SMILES string of the molecule is CCN(CCNC(=S)Nc1ccc(OC)nc1)c1ccc(C)cc1. The molecule has 0 unspecified atom stereocenters. The molecule has 0 spiro atoms. The second-order valence-corrected chi connectivity index (χ2v) is 5.79. The third-order valence-corrected chi connectivity index (χ3v) is 3.90. The van der Waals surface area contributed by atoms with Crippen LogP contribution in [0.5, 0.6) is 5.88 Å². The Bertz CT molecular complexity index is 643. The Morgan fingerprint density at radius 1 is 1.21 bits per heavy atom. The lowest BCUT2D eigenvalue weighted by atomic mass is 10.2. The van der Waals surface area contributed by atoms with E-state index in [2.05, 4.69) is 58.6 Å². The molecule has 0 fully saturated rings. The lowest BCUT2D eigenvalue weighted by Crippen LogP contribution is -2.36. The van der Waals surface area contributed by atoms with Gasteiger partial charge in [-0.2, -0.15) is 0 Å². The molecule has 24 heavy (non-hydrogen) atoms. The van der Waals surface area contributed by atoms with E-state index in [9.17, 15) is 0 Å². The summed E-state index contributed by atoms with van der Waals surface area (Å²) in [6.45, 7) is 6.84. The molecule has 0 atom stereocenters. The van der Waals surface area contributed by atoms with Crippen molar-refractivity contribution in [1.82, 2.24) is 10.3 Å². The molecule has 0 radical (unpaired) electrons. The van der Waals surface area contributed by atoms with Crippen molar-refractivity contribution in [1.29, 1.82) is 0 Å². The topological polar surface area (TPSA) is 49.4 Å². The summed E-state index contributed by atoms with van der Waals surface area (Å²) in [6, 6.07) is 12.2. The van der Waals surface area contributed by atoms with Crippen LogP contribution in [0.1, 0.15) is 12.5 Å². The first kappa shape index (κ1) is 18.0. The first-order chi connectivity index (χ1) is 11.6. The number of nitrogens with one attached hydrogen (secondary N) is 2. The Morgan fingerprint density at radius 3 is 2.54 bits per heavy atom. The molecule has 0 aliphatic heterocycles. The van der Waals surface area contributed by atoms with Gasteiger partial charge in [0.15, 0.2) is 5.11 Å². The first-order valence-electron chi connectivity index (χ1n) is 7.99. The van der Waals surface area contributed by atoms with E-state index in [1.165, 1.54) is 11.3 Å². The maximum absolute atomic E-state index is 5.32. The van der Waals surface area contributed by atoms with E-state index in [0.717, 1.165) is 25.3 Å². The zero-order valence-corrected chi connectivity index (χ0v) is 15.2. The summed E-state index contributed by atoms with van der Waals surface area (Å²) in [7, 11) is 1.59. The minimum Gasteiger partial charge on any atom is -0.481 e. The van der Waals surface area contributed by atoms with Crippen LogP contribution in [0.25, 0.3) is 0 Å². The number of nitrogens with zero attached hydrogens (tertiary/aromatic N) is 2. The summed E-state index contributed by atoms with van der Waals surface area (Å²) in [4.78, 5) is 6.45. The molecular weight excluding hydrogens is 320 g/mol. The number of likely N-dealkylation sites (N-methyl/N-ethyl adjacent to an activating group) is 1. The minimum atomic E-state index is 0.580. The van der Waals surface area contributed by atoms with Crippen molar-refractivity contribution < 1.29 is 4.74 Å². The molecule has 0 aliphatic rings. The fraction of sp³-hybridized carbons (Fsp3) is 0.333. The average molecular weight is 344 g/mol. The van der Waals surface area contributed by atoms with Crippen molar-refractivity contribution in [2.45, 2.75) is 13.8 Å². The molecule has 0 saturated carbocycles. The van der Waals surface area contributed by atoms with Crippen LogP contribution in [0.3, 0.4) is 0 Å². The molecule has 6 heteroatoms. The number of ether oxygens (including phenoxy) is 1. The largest absolute Gasteiger partial charge is 0.481 e. The fourth-order valence-corrected chi connectivity index (χ4v) is 2.50. The second-order valence-electron chi connectivity index (χ2n) is 5.39. The highest BCUT2D eigenvalue weighted by Crippen LogP contribution is 2.14. The molecule has 1 aromatic heterocycles. The molecule has 2 rings (SSSR count). The highest BCUT2D eigenvalue weighted by molar-refractivity contribution is 7.80. The van der Waals surface area contributed by atoms with Crippen molar-refractivity contribution in [2.24, 2.45) is 0 Å². The predicted molar refractivity (Wildman–Crippen MR) is 104 cm³/mol. The lowest BCUT2D eigenvalue weighted by molar-refractivity contribution is 0.398. The van der Waals surface area contributed by atoms with Crippen molar-refractivity contribution in [3.63, 3.8) is 0 Å². The Kier molecular flexibility index (Phi) is 6.81. The normalized spacial score (nSPS) is 10.1. The van der Waals surface area contributed by atoms with Crippen LogP contribution in [0.4, 0.5) is 11.4 Å². The first-order valence-corrected chi connectivity index (χ1v) is 8.39. The Morgan fingerprint density at radius 2 is 1.96 bits per heavy atom. The highest BCUT2D eigenvalue weighted by Gasteiger charge is 2.04. The molecule has 2 aromatic rings. The van der Waals surface area contributed by atoms with Crippen molar-refractivity contribution in [2.75, 3.05) is 37.0 Å². The summed E-state index contributed by atoms with van der Waals surface area (Å²) < 4.78 is 5.03. The number of methoxy groups -OCH3 is 1. The molecular formula is C18H24N4OS. The minimum absolute atomic E-state index is 0.580. The third-order valence-electron chi connectivity index (χ3n) is 3.65. The number of rotatable bonds is 7. The summed E-state index contributed by atoms with van der Waals surface area (Å²) >= 11 is 5.32. The maximum Gasteiger partial charge on any atom is 0.213 e. The number of anilines is 2. The van der Waals surface area contributed by atoms with Gasteiger partial charge >= 0.3 is 0 Å². The van der Waals surface area contributed by atoms with E-state index in [1.807, 2.05) is 6.07 Å². The third kappa shape index (κ3) is 5.38. The van der Waals surface area contributed by atoms with E-state index >= 15 is 0 Å².